The van der Waals surface area contributed by atoms with E-state index in [1.807, 2.05) is 6.07 Å². The predicted molar refractivity (Wildman–Crippen MR) is 130 cm³/mol. The van der Waals surface area contributed by atoms with E-state index in [9.17, 15) is 8.42 Å². The molecule has 5 rings (SSSR count). The van der Waals surface area contributed by atoms with E-state index in [1.54, 1.807) is 28.2 Å². The van der Waals surface area contributed by atoms with Gasteiger partial charge in [0.05, 0.1) is 21.7 Å². The fourth-order valence-corrected chi connectivity index (χ4v) is 7.39. The molecule has 0 amide bonds. The summed E-state index contributed by atoms with van der Waals surface area (Å²) < 4.78 is 29.9. The van der Waals surface area contributed by atoms with Crippen LogP contribution >= 0.6 is 11.8 Å². The number of benzene rings is 1. The molecule has 0 spiro atoms. The number of hydrogen-bond donors (Lipinski definition) is 1. The smallest absolute Gasteiger partial charge is 0.243 e. The lowest BCUT2D eigenvalue weighted by molar-refractivity contribution is 0.346. The first-order valence-electron chi connectivity index (χ1n) is 12.1. The minimum Gasteiger partial charge on any atom is -0.328 e. The maximum atomic E-state index is 13.1. The third-order valence-corrected chi connectivity index (χ3v) is 9.60. The van der Waals surface area contributed by atoms with E-state index in [0.29, 0.717) is 23.7 Å². The van der Waals surface area contributed by atoms with Crippen LogP contribution in [0.5, 0.6) is 0 Å². The molecule has 0 unspecified atom stereocenters. The number of sulfonamides is 1. The number of hydrogen-bond acceptors (Lipinski definition) is 6. The number of fused-ring (bicyclic) bond motifs is 1. The van der Waals surface area contributed by atoms with Gasteiger partial charge in [-0.15, -0.1) is 5.10 Å². The standard InChI is InChI=1S/C23H32N6O2S2/c1-2-29-20-11-10-18(33(30,31)28-12-6-3-7-13-28)15-19(20)24-22(29)16-32-23-25-21(26-27-23)14-17-8-4-5-9-17/h10-11,15,17H,2-9,12-14,16H2,1H3,(H,25,26,27). The van der Waals surface area contributed by atoms with Crippen LogP contribution in [0.4, 0.5) is 0 Å². The van der Waals surface area contributed by atoms with Crippen LogP contribution in [0.1, 0.15) is 63.5 Å². The van der Waals surface area contributed by atoms with Crippen molar-refractivity contribution < 1.29 is 8.42 Å². The molecule has 1 N–H and O–H groups in total. The number of rotatable bonds is 8. The quantitative estimate of drug-likeness (QED) is 0.473. The molecule has 2 aliphatic rings. The molecule has 178 valence electrons. The Kier molecular flexibility index (Phi) is 6.76. The molecule has 1 aromatic carbocycles. The summed E-state index contributed by atoms with van der Waals surface area (Å²) in [5.41, 5.74) is 1.69. The molecule has 10 heteroatoms. The second-order valence-corrected chi connectivity index (χ2v) is 12.0. The highest BCUT2D eigenvalue weighted by atomic mass is 32.2. The van der Waals surface area contributed by atoms with Gasteiger partial charge in [0.15, 0.2) is 0 Å². The zero-order chi connectivity index (χ0) is 22.8. The largest absolute Gasteiger partial charge is 0.328 e. The van der Waals surface area contributed by atoms with Crippen molar-refractivity contribution in [1.82, 2.24) is 29.0 Å². The average Bonchev–Trinajstić information content (AvgIpc) is 3.58. The lowest BCUT2D eigenvalue weighted by Crippen LogP contribution is -2.35. The number of aryl methyl sites for hydroxylation is 1. The highest BCUT2D eigenvalue weighted by Gasteiger charge is 2.27. The van der Waals surface area contributed by atoms with Crippen molar-refractivity contribution in [2.75, 3.05) is 13.1 Å². The molecule has 0 radical (unpaired) electrons. The van der Waals surface area contributed by atoms with Gasteiger partial charge in [-0.3, -0.25) is 5.10 Å². The fourth-order valence-electron chi connectivity index (χ4n) is 5.09. The van der Waals surface area contributed by atoms with Gasteiger partial charge in [-0.05, 0) is 43.9 Å². The van der Waals surface area contributed by atoms with Gasteiger partial charge in [0.25, 0.3) is 0 Å². The molecule has 8 nitrogen and oxygen atoms in total. The first-order valence-corrected chi connectivity index (χ1v) is 14.5. The molecule has 33 heavy (non-hydrogen) atoms. The van der Waals surface area contributed by atoms with E-state index in [-0.39, 0.29) is 0 Å². The van der Waals surface area contributed by atoms with Crippen molar-refractivity contribution in [2.24, 2.45) is 5.92 Å². The molecule has 1 aliphatic heterocycles. The Morgan fingerprint density at radius 3 is 2.64 bits per heavy atom. The summed E-state index contributed by atoms with van der Waals surface area (Å²) in [5, 5.41) is 8.23. The fraction of sp³-hybridized carbons (Fsp3) is 0.609. The number of aromatic amines is 1. The molecule has 1 saturated carbocycles. The van der Waals surface area contributed by atoms with Gasteiger partial charge in [-0.2, -0.15) is 4.31 Å². The van der Waals surface area contributed by atoms with Crippen LogP contribution in [0.3, 0.4) is 0 Å². The average molecular weight is 489 g/mol. The SMILES string of the molecule is CCn1c(CSc2n[nH]c(CC3CCCC3)n2)nc2cc(S(=O)(=O)N3CCCCC3)ccc21. The topological polar surface area (TPSA) is 96.8 Å². The first kappa shape index (κ1) is 22.9. The Balaban J connectivity index is 1.32. The zero-order valence-electron chi connectivity index (χ0n) is 19.2. The molecule has 3 aromatic rings. The molecule has 0 bridgehead atoms. The summed E-state index contributed by atoms with van der Waals surface area (Å²) in [5.74, 6) is 3.25. The Hall–Kier alpha value is -1.91. The molecular formula is C23H32N6O2S2. The zero-order valence-corrected chi connectivity index (χ0v) is 20.8. The number of aromatic nitrogens is 5. The summed E-state index contributed by atoms with van der Waals surface area (Å²) in [4.78, 5) is 9.81. The Morgan fingerprint density at radius 1 is 1.09 bits per heavy atom. The van der Waals surface area contributed by atoms with Gasteiger partial charge in [-0.25, -0.2) is 18.4 Å². The van der Waals surface area contributed by atoms with Gasteiger partial charge in [0.2, 0.25) is 15.2 Å². The van der Waals surface area contributed by atoms with E-state index in [4.69, 9.17) is 4.98 Å². The number of H-pyrrole nitrogens is 1. The van der Waals surface area contributed by atoms with Crippen molar-refractivity contribution in [3.8, 4) is 0 Å². The third-order valence-electron chi connectivity index (χ3n) is 6.87. The molecular weight excluding hydrogens is 456 g/mol. The minimum absolute atomic E-state index is 0.336. The summed E-state index contributed by atoms with van der Waals surface area (Å²) in [6, 6.07) is 5.34. The van der Waals surface area contributed by atoms with Crippen LogP contribution in [-0.2, 0) is 28.7 Å². The van der Waals surface area contributed by atoms with Gasteiger partial charge < -0.3 is 4.57 Å². The van der Waals surface area contributed by atoms with Crippen LogP contribution < -0.4 is 0 Å². The van der Waals surface area contributed by atoms with Crippen LogP contribution in [0, 0.1) is 5.92 Å². The van der Waals surface area contributed by atoms with Gasteiger partial charge in [-0.1, -0.05) is 43.9 Å². The van der Waals surface area contributed by atoms with E-state index in [1.165, 1.54) is 25.7 Å². The predicted octanol–water partition coefficient (Wildman–Crippen LogP) is 4.37. The number of nitrogens with one attached hydrogen (secondary N) is 1. The highest BCUT2D eigenvalue weighted by molar-refractivity contribution is 7.98. The summed E-state index contributed by atoms with van der Waals surface area (Å²) in [6.45, 7) is 4.06. The van der Waals surface area contributed by atoms with E-state index < -0.39 is 10.0 Å². The van der Waals surface area contributed by atoms with Gasteiger partial charge >= 0.3 is 0 Å². The van der Waals surface area contributed by atoms with Gasteiger partial charge in [0, 0.05) is 26.1 Å². The molecule has 3 heterocycles. The van der Waals surface area contributed by atoms with Crippen molar-refractivity contribution in [3.63, 3.8) is 0 Å². The van der Waals surface area contributed by atoms with Crippen LogP contribution in [-0.4, -0.2) is 50.5 Å². The molecule has 1 saturated heterocycles. The molecule has 2 fully saturated rings. The first-order chi connectivity index (χ1) is 16.0. The maximum Gasteiger partial charge on any atom is 0.243 e. The van der Waals surface area contributed by atoms with Crippen molar-refractivity contribution in [1.29, 1.82) is 0 Å². The van der Waals surface area contributed by atoms with Crippen molar-refractivity contribution in [3.05, 3.63) is 29.8 Å². The van der Waals surface area contributed by atoms with Crippen molar-refractivity contribution in [2.45, 2.75) is 80.6 Å². The van der Waals surface area contributed by atoms with E-state index in [0.717, 1.165) is 66.0 Å². The maximum absolute atomic E-state index is 13.1. The van der Waals surface area contributed by atoms with E-state index >= 15 is 0 Å². The van der Waals surface area contributed by atoms with Gasteiger partial charge in [0.1, 0.15) is 11.6 Å². The summed E-state index contributed by atoms with van der Waals surface area (Å²) in [7, 11) is -3.47. The third kappa shape index (κ3) is 4.83. The summed E-state index contributed by atoms with van der Waals surface area (Å²) in [6.07, 6.45) is 9.17. The second kappa shape index (κ2) is 9.76. The Bertz CT molecular complexity index is 1210. The highest BCUT2D eigenvalue weighted by Crippen LogP contribution is 2.29. The second-order valence-electron chi connectivity index (χ2n) is 9.10. The molecule has 1 aliphatic carbocycles. The van der Waals surface area contributed by atoms with Crippen LogP contribution in [0.15, 0.2) is 28.3 Å². The van der Waals surface area contributed by atoms with E-state index in [2.05, 4.69) is 26.7 Å². The lowest BCUT2D eigenvalue weighted by atomic mass is 10.0. The minimum atomic E-state index is -3.47. The number of nitrogens with zero attached hydrogens (tertiary/aromatic N) is 5. The molecule has 2 aromatic heterocycles. The Morgan fingerprint density at radius 2 is 1.88 bits per heavy atom. The number of thioether (sulfide) groups is 1. The van der Waals surface area contributed by atoms with Crippen LogP contribution in [0.25, 0.3) is 11.0 Å². The summed E-state index contributed by atoms with van der Waals surface area (Å²) >= 11 is 1.57. The lowest BCUT2D eigenvalue weighted by Gasteiger charge is -2.25. The number of imidazole rings is 1. The number of piperidine rings is 1. The normalized spacial score (nSPS) is 18.5. The van der Waals surface area contributed by atoms with Crippen LogP contribution in [0.2, 0.25) is 0 Å². The Labute approximate surface area is 199 Å². The molecule has 0 atom stereocenters. The van der Waals surface area contributed by atoms with Crippen molar-refractivity contribution >= 4 is 32.8 Å². The monoisotopic (exact) mass is 488 g/mol.